The van der Waals surface area contributed by atoms with Gasteiger partial charge in [-0.1, -0.05) is 18.2 Å². The third kappa shape index (κ3) is 3.34. The van der Waals surface area contributed by atoms with E-state index in [1.807, 2.05) is 30.4 Å². The number of benzene rings is 1. The van der Waals surface area contributed by atoms with Crippen molar-refractivity contribution < 1.29 is 24.2 Å². The van der Waals surface area contributed by atoms with E-state index in [-0.39, 0.29) is 17.7 Å². The smallest absolute Gasteiger partial charge is 0.224 e. The lowest BCUT2D eigenvalue weighted by molar-refractivity contribution is -0.313. The zero-order valence-corrected chi connectivity index (χ0v) is 14.4. The van der Waals surface area contributed by atoms with E-state index in [9.17, 15) is 14.7 Å². The zero-order valence-electron chi connectivity index (χ0n) is 14.4. The standard InChI is InChI=1S/C19H23NO5/c1-24-14-6-3-11(9-15(14)25-2)7-8-20-18(21)16-12-4-5-13(10-12)17(16)19(22)23/h3-6,9,12-13,16-17H,7-8,10H2,1-2H3,(H,20,21)(H,22,23)/p-1/t12-,13+,16-,17+/m1/s1. The molecular formula is C19H22NO5-. The van der Waals surface area contributed by atoms with Crippen molar-refractivity contribution in [2.24, 2.45) is 23.7 Å². The molecule has 0 radical (unpaired) electrons. The molecule has 3 rings (SSSR count). The van der Waals surface area contributed by atoms with Crippen molar-refractivity contribution in [1.29, 1.82) is 0 Å². The molecule has 2 aliphatic rings. The lowest BCUT2D eigenvalue weighted by atomic mass is 9.82. The Balaban J connectivity index is 1.58. The molecular weight excluding hydrogens is 322 g/mol. The first-order chi connectivity index (χ1) is 12.0. The van der Waals surface area contributed by atoms with Gasteiger partial charge in [-0.05, 0) is 42.4 Å². The number of carbonyl (C=O) groups excluding carboxylic acids is 2. The van der Waals surface area contributed by atoms with Crippen molar-refractivity contribution in [3.8, 4) is 11.5 Å². The fourth-order valence-corrected chi connectivity index (χ4v) is 3.99. The summed E-state index contributed by atoms with van der Waals surface area (Å²) in [6.07, 6.45) is 5.21. The van der Waals surface area contributed by atoms with Gasteiger partial charge in [0.2, 0.25) is 5.91 Å². The van der Waals surface area contributed by atoms with Crippen LogP contribution in [0.1, 0.15) is 12.0 Å². The van der Waals surface area contributed by atoms with E-state index >= 15 is 0 Å². The Morgan fingerprint density at radius 1 is 1.12 bits per heavy atom. The number of fused-ring (bicyclic) bond motifs is 2. The first-order valence-corrected chi connectivity index (χ1v) is 8.43. The molecule has 1 amide bonds. The minimum absolute atomic E-state index is 0.00832. The van der Waals surface area contributed by atoms with Crippen molar-refractivity contribution in [3.63, 3.8) is 0 Å². The van der Waals surface area contributed by atoms with E-state index in [4.69, 9.17) is 9.47 Å². The van der Waals surface area contributed by atoms with Crippen LogP contribution in [0.3, 0.4) is 0 Å². The van der Waals surface area contributed by atoms with Gasteiger partial charge in [0.25, 0.3) is 0 Å². The highest BCUT2D eigenvalue weighted by Gasteiger charge is 2.48. The van der Waals surface area contributed by atoms with Crippen molar-refractivity contribution in [2.75, 3.05) is 20.8 Å². The summed E-state index contributed by atoms with van der Waals surface area (Å²) in [7, 11) is 3.15. The maximum atomic E-state index is 12.5. The molecule has 25 heavy (non-hydrogen) atoms. The van der Waals surface area contributed by atoms with E-state index < -0.39 is 17.8 Å². The van der Waals surface area contributed by atoms with Crippen LogP contribution in [0.5, 0.6) is 11.5 Å². The Labute approximate surface area is 146 Å². The summed E-state index contributed by atoms with van der Waals surface area (Å²) in [6, 6.07) is 5.61. The highest BCUT2D eigenvalue weighted by molar-refractivity contribution is 5.86. The summed E-state index contributed by atoms with van der Waals surface area (Å²) in [5, 5.41) is 14.3. The molecule has 1 N–H and O–H groups in total. The van der Waals surface area contributed by atoms with E-state index in [0.717, 1.165) is 12.0 Å². The summed E-state index contributed by atoms with van der Waals surface area (Å²) < 4.78 is 10.5. The molecule has 2 aliphatic carbocycles. The van der Waals surface area contributed by atoms with Crippen LogP contribution in [-0.4, -0.2) is 32.6 Å². The van der Waals surface area contributed by atoms with Crippen LogP contribution in [-0.2, 0) is 16.0 Å². The average molecular weight is 344 g/mol. The lowest BCUT2D eigenvalue weighted by Gasteiger charge is -2.27. The number of carboxylic acid groups (broad SMARTS) is 1. The number of nitrogens with one attached hydrogen (secondary N) is 1. The number of rotatable bonds is 7. The second-order valence-corrected chi connectivity index (χ2v) is 6.55. The third-order valence-corrected chi connectivity index (χ3v) is 5.20. The highest BCUT2D eigenvalue weighted by Crippen LogP contribution is 2.47. The minimum Gasteiger partial charge on any atom is -0.550 e. The summed E-state index contributed by atoms with van der Waals surface area (Å²) in [6.45, 7) is 0.436. The van der Waals surface area contributed by atoms with Gasteiger partial charge in [-0.2, -0.15) is 0 Å². The topological polar surface area (TPSA) is 87.7 Å². The highest BCUT2D eigenvalue weighted by atomic mass is 16.5. The van der Waals surface area contributed by atoms with Gasteiger partial charge in [0.15, 0.2) is 11.5 Å². The maximum Gasteiger partial charge on any atom is 0.224 e. The van der Waals surface area contributed by atoms with Crippen LogP contribution in [0.2, 0.25) is 0 Å². The minimum atomic E-state index is -1.13. The molecule has 0 aromatic heterocycles. The molecule has 0 aliphatic heterocycles. The van der Waals surface area contributed by atoms with Crippen molar-refractivity contribution >= 4 is 11.9 Å². The first-order valence-electron chi connectivity index (χ1n) is 8.43. The Kier molecular flexibility index (Phi) is 4.97. The number of aliphatic carboxylic acids is 1. The molecule has 6 heteroatoms. The van der Waals surface area contributed by atoms with Gasteiger partial charge in [-0.15, -0.1) is 0 Å². The fraction of sp³-hybridized carbons (Fsp3) is 0.474. The van der Waals surface area contributed by atoms with Gasteiger partial charge >= 0.3 is 0 Å². The number of carbonyl (C=O) groups is 2. The first kappa shape index (κ1) is 17.3. The number of methoxy groups -OCH3 is 2. The number of hydrogen-bond acceptors (Lipinski definition) is 5. The molecule has 1 aromatic carbocycles. The molecule has 134 valence electrons. The number of ether oxygens (including phenoxy) is 2. The van der Waals surface area contributed by atoms with Crippen LogP contribution >= 0.6 is 0 Å². The molecule has 6 nitrogen and oxygen atoms in total. The van der Waals surface area contributed by atoms with Crippen LogP contribution in [0.15, 0.2) is 30.4 Å². The third-order valence-electron chi connectivity index (χ3n) is 5.20. The SMILES string of the molecule is COc1ccc(CCNC(=O)[C@H]2[C@@H](C(=O)[O-])[C@H]3C=C[C@@H]2C3)cc1OC. The van der Waals surface area contributed by atoms with Gasteiger partial charge in [0.05, 0.1) is 20.1 Å². The van der Waals surface area contributed by atoms with E-state index in [1.165, 1.54) is 0 Å². The molecule has 1 fully saturated rings. The summed E-state index contributed by atoms with van der Waals surface area (Å²) in [4.78, 5) is 23.9. The number of amides is 1. The van der Waals surface area contributed by atoms with Crippen molar-refractivity contribution in [3.05, 3.63) is 35.9 Å². The van der Waals surface area contributed by atoms with Crippen molar-refractivity contribution in [2.45, 2.75) is 12.8 Å². The predicted molar refractivity (Wildman–Crippen MR) is 89.0 cm³/mol. The molecule has 1 saturated carbocycles. The Morgan fingerprint density at radius 3 is 2.44 bits per heavy atom. The normalized spacial score (nSPS) is 26.5. The van der Waals surface area contributed by atoms with Crippen LogP contribution in [0.4, 0.5) is 0 Å². The van der Waals surface area contributed by atoms with Gasteiger partial charge in [-0.25, -0.2) is 0 Å². The molecule has 0 heterocycles. The molecule has 2 bridgehead atoms. The van der Waals surface area contributed by atoms with E-state index in [1.54, 1.807) is 14.2 Å². The van der Waals surface area contributed by atoms with Gasteiger partial charge in [0.1, 0.15) is 0 Å². The van der Waals surface area contributed by atoms with Gasteiger partial charge in [0, 0.05) is 18.4 Å². The van der Waals surface area contributed by atoms with Crippen LogP contribution < -0.4 is 19.9 Å². The molecule has 4 atom stereocenters. The average Bonchev–Trinajstić information content (AvgIpc) is 3.22. The summed E-state index contributed by atoms with van der Waals surface area (Å²) >= 11 is 0. The number of hydrogen-bond donors (Lipinski definition) is 1. The Hall–Kier alpha value is -2.50. The summed E-state index contributed by atoms with van der Waals surface area (Å²) in [5.41, 5.74) is 1.00. The van der Waals surface area contributed by atoms with Gasteiger partial charge in [-0.3, -0.25) is 4.79 Å². The monoisotopic (exact) mass is 344 g/mol. The molecule has 1 aromatic rings. The molecule has 0 saturated heterocycles. The van der Waals surface area contributed by atoms with E-state index in [2.05, 4.69) is 5.32 Å². The summed E-state index contributed by atoms with van der Waals surface area (Å²) in [5.74, 6) is -1.34. The maximum absolute atomic E-state index is 12.5. The second kappa shape index (κ2) is 7.17. The quantitative estimate of drug-likeness (QED) is 0.730. The Morgan fingerprint density at radius 2 is 1.80 bits per heavy atom. The Bertz CT molecular complexity index is 699. The van der Waals surface area contributed by atoms with Crippen molar-refractivity contribution in [1.82, 2.24) is 5.32 Å². The lowest BCUT2D eigenvalue weighted by Crippen LogP contribution is -2.45. The molecule has 0 spiro atoms. The zero-order chi connectivity index (χ0) is 18.0. The fourth-order valence-electron chi connectivity index (χ4n) is 3.99. The van der Waals surface area contributed by atoms with Crippen LogP contribution in [0, 0.1) is 23.7 Å². The molecule has 0 unspecified atom stereocenters. The van der Waals surface area contributed by atoms with Crippen LogP contribution in [0.25, 0.3) is 0 Å². The van der Waals surface area contributed by atoms with E-state index in [0.29, 0.717) is 24.5 Å². The number of allylic oxidation sites excluding steroid dienone is 2. The largest absolute Gasteiger partial charge is 0.550 e. The second-order valence-electron chi connectivity index (χ2n) is 6.55. The number of carboxylic acids is 1. The van der Waals surface area contributed by atoms with Gasteiger partial charge < -0.3 is 24.7 Å². The predicted octanol–water partition coefficient (Wildman–Crippen LogP) is 0.551.